The van der Waals surface area contributed by atoms with Crippen molar-refractivity contribution in [3.63, 3.8) is 0 Å². The van der Waals surface area contributed by atoms with Crippen LogP contribution >= 0.6 is 11.3 Å². The highest BCUT2D eigenvalue weighted by atomic mass is 32.1. The van der Waals surface area contributed by atoms with E-state index in [0.29, 0.717) is 24.0 Å². The lowest BCUT2D eigenvalue weighted by Gasteiger charge is -2.22. The molecule has 0 unspecified atom stereocenters. The van der Waals surface area contributed by atoms with Gasteiger partial charge in [0.1, 0.15) is 5.69 Å². The van der Waals surface area contributed by atoms with Crippen LogP contribution in [-0.2, 0) is 6.42 Å². The molecule has 0 spiro atoms. The molecule has 0 saturated heterocycles. The first kappa shape index (κ1) is 21.5. The summed E-state index contributed by atoms with van der Waals surface area (Å²) in [6, 6.07) is 10.3. The minimum absolute atomic E-state index is 0.0333. The fourth-order valence-corrected chi connectivity index (χ4v) is 4.54. The molecule has 0 N–H and O–H groups in total. The number of aromatic nitrogens is 2. The first-order valence-corrected chi connectivity index (χ1v) is 11.6. The van der Waals surface area contributed by atoms with Crippen molar-refractivity contribution in [1.29, 1.82) is 0 Å². The number of methoxy groups -OCH3 is 1. The first-order chi connectivity index (χ1) is 14.9. The molecular weight excluding hydrogens is 406 g/mol. The van der Waals surface area contributed by atoms with E-state index >= 15 is 0 Å². The molecule has 5 nitrogen and oxygen atoms in total. The summed E-state index contributed by atoms with van der Waals surface area (Å²) in [5.41, 5.74) is 5.23. The average molecular weight is 436 g/mol. The lowest BCUT2D eigenvalue weighted by atomic mass is 10.0. The van der Waals surface area contributed by atoms with Crippen LogP contribution in [0.4, 0.5) is 0 Å². The summed E-state index contributed by atoms with van der Waals surface area (Å²) in [5, 5.41) is 0.919. The lowest BCUT2D eigenvalue weighted by Crippen LogP contribution is -2.35. The van der Waals surface area contributed by atoms with Crippen LogP contribution in [0.1, 0.15) is 45.0 Å². The van der Waals surface area contributed by atoms with E-state index in [1.54, 1.807) is 18.4 Å². The Bertz CT molecular complexity index is 1070. The molecule has 3 aromatic rings. The second-order valence-corrected chi connectivity index (χ2v) is 9.57. The largest absolute Gasteiger partial charge is 0.481 e. The maximum Gasteiger partial charge on any atom is 0.274 e. The number of benzene rings is 1. The summed E-state index contributed by atoms with van der Waals surface area (Å²) in [5.74, 6) is 1.25. The van der Waals surface area contributed by atoms with Gasteiger partial charge in [-0.15, -0.1) is 11.3 Å². The Labute approximate surface area is 188 Å². The Morgan fingerprint density at radius 2 is 1.97 bits per heavy atom. The quantitative estimate of drug-likeness (QED) is 0.486. The predicted octanol–water partition coefficient (Wildman–Crippen LogP) is 5.23. The Kier molecular flexibility index (Phi) is 6.37. The first-order valence-electron chi connectivity index (χ1n) is 10.8. The average Bonchev–Trinajstić information content (AvgIpc) is 3.51. The van der Waals surface area contributed by atoms with Crippen LogP contribution in [0.5, 0.6) is 5.88 Å². The van der Waals surface area contributed by atoms with Crippen LogP contribution in [-0.4, -0.2) is 41.0 Å². The molecule has 1 aromatic carbocycles. The Morgan fingerprint density at radius 3 is 2.61 bits per heavy atom. The van der Waals surface area contributed by atoms with Gasteiger partial charge in [0.05, 0.1) is 17.0 Å². The maximum atomic E-state index is 13.6. The summed E-state index contributed by atoms with van der Waals surface area (Å²) in [6.45, 7) is 7.64. The summed E-state index contributed by atoms with van der Waals surface area (Å²) in [7, 11) is 1.61. The summed E-state index contributed by atoms with van der Waals surface area (Å²) < 4.78 is 5.14. The fourth-order valence-electron chi connectivity index (χ4n) is 3.63. The third-order valence-electron chi connectivity index (χ3n) is 5.85. The molecule has 1 saturated carbocycles. The molecule has 0 aliphatic heterocycles. The molecule has 1 aliphatic carbocycles. The molecule has 1 amide bonds. The van der Waals surface area contributed by atoms with E-state index in [2.05, 4.69) is 42.0 Å². The zero-order valence-corrected chi connectivity index (χ0v) is 19.5. The van der Waals surface area contributed by atoms with E-state index in [0.717, 1.165) is 34.0 Å². The SMILES string of the molecule is COc1ccc(CCN(CC2CC2)C(=O)c2nc(C)sc2-c2ccc(C)c(C)c2)cn1. The van der Waals surface area contributed by atoms with Gasteiger partial charge in [-0.05, 0) is 68.2 Å². The minimum atomic E-state index is 0.0333. The smallest absolute Gasteiger partial charge is 0.274 e. The van der Waals surface area contributed by atoms with Crippen LogP contribution in [0.25, 0.3) is 10.4 Å². The third-order valence-corrected chi connectivity index (χ3v) is 6.87. The second kappa shape index (κ2) is 9.18. The molecule has 4 rings (SSSR count). The summed E-state index contributed by atoms with van der Waals surface area (Å²) in [6.07, 6.45) is 4.99. The van der Waals surface area contributed by atoms with Gasteiger partial charge in [-0.3, -0.25) is 4.79 Å². The Morgan fingerprint density at radius 1 is 1.16 bits per heavy atom. The van der Waals surface area contributed by atoms with E-state index in [4.69, 9.17) is 4.74 Å². The number of aryl methyl sites for hydroxylation is 3. The second-order valence-electron chi connectivity index (χ2n) is 8.36. The van der Waals surface area contributed by atoms with Crippen molar-refractivity contribution in [2.24, 2.45) is 5.92 Å². The van der Waals surface area contributed by atoms with Gasteiger partial charge in [0.15, 0.2) is 0 Å². The van der Waals surface area contributed by atoms with Crippen molar-refractivity contribution in [1.82, 2.24) is 14.9 Å². The van der Waals surface area contributed by atoms with Gasteiger partial charge in [-0.2, -0.15) is 0 Å². The molecule has 162 valence electrons. The van der Waals surface area contributed by atoms with Crippen molar-refractivity contribution in [2.45, 2.75) is 40.0 Å². The number of ether oxygens (including phenoxy) is 1. The Balaban J connectivity index is 1.57. The van der Waals surface area contributed by atoms with Crippen LogP contribution in [0.15, 0.2) is 36.5 Å². The number of thiazole rings is 1. The number of amides is 1. The molecule has 2 aromatic heterocycles. The van der Waals surface area contributed by atoms with Crippen molar-refractivity contribution >= 4 is 17.2 Å². The van der Waals surface area contributed by atoms with Crippen LogP contribution < -0.4 is 4.74 Å². The van der Waals surface area contributed by atoms with Gasteiger partial charge in [0.25, 0.3) is 5.91 Å². The molecule has 1 aliphatic rings. The van der Waals surface area contributed by atoms with Crippen LogP contribution in [0.3, 0.4) is 0 Å². The van der Waals surface area contributed by atoms with Crippen LogP contribution in [0, 0.1) is 26.7 Å². The zero-order chi connectivity index (χ0) is 22.0. The highest BCUT2D eigenvalue weighted by molar-refractivity contribution is 7.15. The molecule has 31 heavy (non-hydrogen) atoms. The van der Waals surface area contributed by atoms with Crippen LogP contribution in [0.2, 0.25) is 0 Å². The molecular formula is C25H29N3O2S. The summed E-state index contributed by atoms with van der Waals surface area (Å²) in [4.78, 5) is 25.5. The van der Waals surface area contributed by atoms with Gasteiger partial charge in [-0.25, -0.2) is 9.97 Å². The van der Waals surface area contributed by atoms with E-state index in [-0.39, 0.29) is 5.91 Å². The normalized spacial score (nSPS) is 13.3. The summed E-state index contributed by atoms with van der Waals surface area (Å²) >= 11 is 1.60. The molecule has 1 fully saturated rings. The number of hydrogen-bond acceptors (Lipinski definition) is 5. The number of pyridine rings is 1. The standard InChI is InChI=1S/C25H29N3O2S/c1-16-5-9-21(13-17(16)2)24-23(27-18(3)31-24)25(29)28(15-20-6-7-20)12-11-19-8-10-22(30-4)26-14-19/h5,8-10,13-14,20H,6-7,11-12,15H2,1-4H3. The van der Waals surface area contributed by atoms with E-state index < -0.39 is 0 Å². The van der Waals surface area contributed by atoms with Gasteiger partial charge in [-0.1, -0.05) is 24.3 Å². The van der Waals surface area contributed by atoms with Gasteiger partial charge in [0.2, 0.25) is 5.88 Å². The predicted molar refractivity (Wildman–Crippen MR) is 125 cm³/mol. The van der Waals surface area contributed by atoms with Gasteiger partial charge < -0.3 is 9.64 Å². The number of hydrogen-bond donors (Lipinski definition) is 0. The van der Waals surface area contributed by atoms with E-state index in [1.165, 1.54) is 24.0 Å². The van der Waals surface area contributed by atoms with Crippen molar-refractivity contribution < 1.29 is 9.53 Å². The molecule has 6 heteroatoms. The highest BCUT2D eigenvalue weighted by Crippen LogP contribution is 2.34. The van der Waals surface area contributed by atoms with Crippen molar-refractivity contribution in [2.75, 3.05) is 20.2 Å². The van der Waals surface area contributed by atoms with Crippen molar-refractivity contribution in [3.05, 3.63) is 63.9 Å². The molecule has 2 heterocycles. The van der Waals surface area contributed by atoms with Gasteiger partial charge in [0, 0.05) is 25.4 Å². The molecule has 0 bridgehead atoms. The number of carbonyl (C=O) groups is 1. The lowest BCUT2D eigenvalue weighted by molar-refractivity contribution is 0.0745. The van der Waals surface area contributed by atoms with E-state index in [1.807, 2.05) is 30.2 Å². The number of nitrogens with zero attached hydrogens (tertiary/aromatic N) is 3. The fraction of sp³-hybridized carbons (Fsp3) is 0.400. The zero-order valence-electron chi connectivity index (χ0n) is 18.6. The highest BCUT2D eigenvalue weighted by Gasteiger charge is 2.30. The van der Waals surface area contributed by atoms with Crippen molar-refractivity contribution in [3.8, 4) is 16.3 Å². The number of rotatable bonds is 8. The Hall–Kier alpha value is -2.73. The molecule has 0 atom stereocenters. The van der Waals surface area contributed by atoms with Gasteiger partial charge >= 0.3 is 0 Å². The topological polar surface area (TPSA) is 55.3 Å². The van der Waals surface area contributed by atoms with E-state index in [9.17, 15) is 4.79 Å². The minimum Gasteiger partial charge on any atom is -0.481 e. The monoisotopic (exact) mass is 435 g/mol. The maximum absolute atomic E-state index is 13.6. The third kappa shape index (κ3) is 5.13. The molecule has 0 radical (unpaired) electrons. The number of carbonyl (C=O) groups excluding carboxylic acids is 1.